The fourth-order valence-corrected chi connectivity index (χ4v) is 2.35. The average molecular weight is 238 g/mol. The molecule has 1 aliphatic heterocycles. The molecule has 2 N–H and O–H groups in total. The molecule has 17 heavy (non-hydrogen) atoms. The lowest BCUT2D eigenvalue weighted by Crippen LogP contribution is -2.35. The van der Waals surface area contributed by atoms with Gasteiger partial charge in [0.25, 0.3) is 0 Å². The third-order valence-electron chi connectivity index (χ3n) is 3.57. The van der Waals surface area contributed by atoms with Crippen LogP contribution in [0.4, 0.5) is 6.01 Å². The molecule has 0 aliphatic carbocycles. The van der Waals surface area contributed by atoms with E-state index in [1.165, 1.54) is 12.8 Å². The number of anilines is 1. The Hall–Kier alpha value is -1.10. The molecule has 1 aliphatic rings. The van der Waals surface area contributed by atoms with Crippen molar-refractivity contribution < 1.29 is 4.42 Å². The highest BCUT2D eigenvalue weighted by Crippen LogP contribution is 2.27. The number of piperidine rings is 1. The van der Waals surface area contributed by atoms with Gasteiger partial charge in [-0.05, 0) is 24.7 Å². The van der Waals surface area contributed by atoms with Crippen LogP contribution in [0.25, 0.3) is 0 Å². The summed E-state index contributed by atoms with van der Waals surface area (Å²) in [5, 5.41) is 8.08. The summed E-state index contributed by atoms with van der Waals surface area (Å²) in [7, 11) is 0. The standard InChI is InChI=1S/C12H22N4O/c1-9(2)10-4-7-16(8-5-10)12-15-14-11(17-12)3-6-13/h9-10H,3-8,13H2,1-2H3. The van der Waals surface area contributed by atoms with Crippen molar-refractivity contribution >= 4 is 6.01 Å². The zero-order valence-electron chi connectivity index (χ0n) is 10.7. The Kier molecular flexibility index (Phi) is 3.99. The number of aromatic nitrogens is 2. The molecule has 0 unspecified atom stereocenters. The minimum atomic E-state index is 0.553. The minimum absolute atomic E-state index is 0.553. The Balaban J connectivity index is 1.91. The quantitative estimate of drug-likeness (QED) is 0.859. The molecule has 1 aromatic heterocycles. The summed E-state index contributed by atoms with van der Waals surface area (Å²) in [5.41, 5.74) is 5.46. The van der Waals surface area contributed by atoms with E-state index in [1.54, 1.807) is 0 Å². The molecule has 2 rings (SSSR count). The van der Waals surface area contributed by atoms with E-state index in [0.717, 1.165) is 24.9 Å². The predicted molar refractivity (Wildman–Crippen MR) is 66.8 cm³/mol. The molecule has 0 saturated carbocycles. The van der Waals surface area contributed by atoms with Crippen LogP contribution in [-0.4, -0.2) is 29.8 Å². The van der Waals surface area contributed by atoms with Crippen molar-refractivity contribution in [3.05, 3.63) is 5.89 Å². The zero-order valence-corrected chi connectivity index (χ0v) is 10.7. The molecular weight excluding hydrogens is 216 g/mol. The van der Waals surface area contributed by atoms with E-state index in [4.69, 9.17) is 10.2 Å². The van der Waals surface area contributed by atoms with Crippen LogP contribution < -0.4 is 10.6 Å². The first-order valence-corrected chi connectivity index (χ1v) is 6.48. The fourth-order valence-electron chi connectivity index (χ4n) is 2.35. The molecule has 0 radical (unpaired) electrons. The molecule has 0 aromatic carbocycles. The fraction of sp³-hybridized carbons (Fsp3) is 0.833. The van der Waals surface area contributed by atoms with E-state index in [2.05, 4.69) is 28.9 Å². The summed E-state index contributed by atoms with van der Waals surface area (Å²) in [6, 6.07) is 0.663. The van der Waals surface area contributed by atoms with E-state index in [1.807, 2.05) is 0 Å². The van der Waals surface area contributed by atoms with Crippen LogP contribution >= 0.6 is 0 Å². The summed E-state index contributed by atoms with van der Waals surface area (Å²) in [4.78, 5) is 2.19. The van der Waals surface area contributed by atoms with Crippen LogP contribution in [0.2, 0.25) is 0 Å². The van der Waals surface area contributed by atoms with Crippen LogP contribution in [0.1, 0.15) is 32.6 Å². The number of hydrogen-bond donors (Lipinski definition) is 1. The molecule has 0 bridgehead atoms. The van der Waals surface area contributed by atoms with Crippen molar-refractivity contribution in [1.82, 2.24) is 10.2 Å². The van der Waals surface area contributed by atoms with Gasteiger partial charge in [-0.25, -0.2) is 0 Å². The highest BCUT2D eigenvalue weighted by Gasteiger charge is 2.24. The van der Waals surface area contributed by atoms with E-state index >= 15 is 0 Å². The van der Waals surface area contributed by atoms with Crippen molar-refractivity contribution in [3.8, 4) is 0 Å². The topological polar surface area (TPSA) is 68.2 Å². The zero-order chi connectivity index (χ0) is 12.3. The van der Waals surface area contributed by atoms with Gasteiger partial charge in [0.2, 0.25) is 5.89 Å². The molecular formula is C12H22N4O. The lowest BCUT2D eigenvalue weighted by molar-refractivity contribution is 0.303. The lowest BCUT2D eigenvalue weighted by Gasteiger charge is -2.32. The van der Waals surface area contributed by atoms with Crippen LogP contribution in [0.5, 0.6) is 0 Å². The predicted octanol–water partition coefficient (Wildman–Crippen LogP) is 1.44. The molecule has 96 valence electrons. The maximum Gasteiger partial charge on any atom is 0.318 e. The summed E-state index contributed by atoms with van der Waals surface area (Å²) < 4.78 is 5.58. The van der Waals surface area contributed by atoms with Gasteiger partial charge in [-0.3, -0.25) is 0 Å². The van der Waals surface area contributed by atoms with Crippen molar-refractivity contribution in [2.75, 3.05) is 24.5 Å². The first-order chi connectivity index (χ1) is 8.20. The summed E-state index contributed by atoms with van der Waals surface area (Å²) in [6.07, 6.45) is 3.09. The normalized spacial score (nSPS) is 18.0. The smallest absolute Gasteiger partial charge is 0.318 e. The second-order valence-corrected chi connectivity index (χ2v) is 5.09. The molecule has 5 heteroatoms. The van der Waals surface area contributed by atoms with Crippen LogP contribution in [0.3, 0.4) is 0 Å². The number of hydrogen-bond acceptors (Lipinski definition) is 5. The molecule has 1 aromatic rings. The van der Waals surface area contributed by atoms with Crippen molar-refractivity contribution in [1.29, 1.82) is 0 Å². The molecule has 0 amide bonds. The van der Waals surface area contributed by atoms with E-state index in [0.29, 0.717) is 24.9 Å². The monoisotopic (exact) mass is 238 g/mol. The Bertz CT molecular complexity index is 342. The molecule has 0 spiro atoms. The minimum Gasteiger partial charge on any atom is -0.408 e. The van der Waals surface area contributed by atoms with Gasteiger partial charge in [0, 0.05) is 26.1 Å². The molecule has 1 fully saturated rings. The molecule has 5 nitrogen and oxygen atoms in total. The Morgan fingerprint density at radius 3 is 2.65 bits per heavy atom. The van der Waals surface area contributed by atoms with Crippen molar-refractivity contribution in [2.45, 2.75) is 33.1 Å². The van der Waals surface area contributed by atoms with Gasteiger partial charge in [-0.15, -0.1) is 5.10 Å². The Labute approximate surface area is 102 Å². The van der Waals surface area contributed by atoms with Gasteiger partial charge in [0.1, 0.15) is 0 Å². The van der Waals surface area contributed by atoms with Gasteiger partial charge in [0.15, 0.2) is 0 Å². The number of nitrogens with two attached hydrogens (primary N) is 1. The summed E-state index contributed by atoms with van der Waals surface area (Å²) in [6.45, 7) is 7.19. The Morgan fingerprint density at radius 1 is 1.35 bits per heavy atom. The highest BCUT2D eigenvalue weighted by molar-refractivity contribution is 5.24. The number of nitrogens with zero attached hydrogens (tertiary/aromatic N) is 3. The first kappa shape index (κ1) is 12.4. The van der Waals surface area contributed by atoms with E-state index in [9.17, 15) is 0 Å². The maximum atomic E-state index is 5.58. The molecule has 2 heterocycles. The number of rotatable bonds is 4. The van der Waals surface area contributed by atoms with Gasteiger partial charge < -0.3 is 15.1 Å². The largest absolute Gasteiger partial charge is 0.408 e. The SMILES string of the molecule is CC(C)C1CCN(c2nnc(CCN)o2)CC1. The third-order valence-corrected chi connectivity index (χ3v) is 3.57. The summed E-state index contributed by atoms with van der Waals surface area (Å²) in [5.74, 6) is 2.25. The van der Waals surface area contributed by atoms with E-state index < -0.39 is 0 Å². The third kappa shape index (κ3) is 2.97. The maximum absolute atomic E-state index is 5.58. The van der Waals surface area contributed by atoms with Gasteiger partial charge in [0.05, 0.1) is 0 Å². The van der Waals surface area contributed by atoms with Gasteiger partial charge >= 0.3 is 6.01 Å². The van der Waals surface area contributed by atoms with Gasteiger partial charge in [-0.1, -0.05) is 18.9 Å². The first-order valence-electron chi connectivity index (χ1n) is 6.48. The second-order valence-electron chi connectivity index (χ2n) is 5.09. The van der Waals surface area contributed by atoms with Crippen molar-refractivity contribution in [2.24, 2.45) is 17.6 Å². The Morgan fingerprint density at radius 2 is 2.06 bits per heavy atom. The second kappa shape index (κ2) is 5.49. The lowest BCUT2D eigenvalue weighted by atomic mass is 9.87. The van der Waals surface area contributed by atoms with Gasteiger partial charge in [-0.2, -0.15) is 0 Å². The highest BCUT2D eigenvalue weighted by atomic mass is 16.4. The van der Waals surface area contributed by atoms with Crippen LogP contribution in [0, 0.1) is 11.8 Å². The molecule has 1 saturated heterocycles. The van der Waals surface area contributed by atoms with Crippen molar-refractivity contribution in [3.63, 3.8) is 0 Å². The van der Waals surface area contributed by atoms with Crippen LogP contribution in [-0.2, 0) is 6.42 Å². The van der Waals surface area contributed by atoms with Crippen LogP contribution in [0.15, 0.2) is 4.42 Å². The molecule has 0 atom stereocenters. The summed E-state index contributed by atoms with van der Waals surface area (Å²) >= 11 is 0. The average Bonchev–Trinajstić information content (AvgIpc) is 2.78. The van der Waals surface area contributed by atoms with E-state index in [-0.39, 0.29) is 0 Å².